The third-order valence-electron chi connectivity index (χ3n) is 2.76. The van der Waals surface area contributed by atoms with Crippen molar-refractivity contribution in [1.82, 2.24) is 9.97 Å². The maximum absolute atomic E-state index is 6.24. The van der Waals surface area contributed by atoms with Gasteiger partial charge in [0, 0.05) is 6.42 Å². The molecule has 18 heavy (non-hydrogen) atoms. The summed E-state index contributed by atoms with van der Waals surface area (Å²) in [6.45, 7) is 4.09. The van der Waals surface area contributed by atoms with Gasteiger partial charge in [-0.25, -0.2) is 9.97 Å². The summed E-state index contributed by atoms with van der Waals surface area (Å²) in [7, 11) is 0. The Labute approximate surface area is 117 Å². The van der Waals surface area contributed by atoms with Gasteiger partial charge in [-0.3, -0.25) is 0 Å². The Bertz CT molecular complexity index is 544. The van der Waals surface area contributed by atoms with Gasteiger partial charge in [0.1, 0.15) is 16.1 Å². The fourth-order valence-corrected chi connectivity index (χ4v) is 2.49. The van der Waals surface area contributed by atoms with Gasteiger partial charge < -0.3 is 0 Å². The molecule has 1 heterocycles. The number of aromatic nitrogens is 2. The summed E-state index contributed by atoms with van der Waals surface area (Å²) < 4.78 is 0. The van der Waals surface area contributed by atoms with Gasteiger partial charge in [-0.1, -0.05) is 54.4 Å². The second-order valence-corrected chi connectivity index (χ2v) is 4.88. The Kier molecular flexibility index (Phi) is 4.20. The minimum absolute atomic E-state index is 0.424. The molecule has 0 N–H and O–H groups in total. The summed E-state index contributed by atoms with van der Waals surface area (Å²) in [5, 5.41) is 0.848. The average Bonchev–Trinajstić information content (AvgIpc) is 2.31. The number of rotatable bonds is 3. The predicted octanol–water partition coefficient (Wildman–Crippen LogP) is 4.71. The summed E-state index contributed by atoms with van der Waals surface area (Å²) in [4.78, 5) is 8.62. The third-order valence-corrected chi connectivity index (χ3v) is 3.30. The minimum atomic E-state index is 0.424. The molecule has 0 bridgehead atoms. The third kappa shape index (κ3) is 2.65. The van der Waals surface area contributed by atoms with Gasteiger partial charge >= 0.3 is 0 Å². The van der Waals surface area contributed by atoms with Crippen LogP contribution in [-0.2, 0) is 6.42 Å². The van der Waals surface area contributed by atoms with Crippen molar-refractivity contribution < 1.29 is 0 Å². The van der Waals surface area contributed by atoms with Crippen molar-refractivity contribution in [2.75, 3.05) is 0 Å². The molecule has 1 aromatic heterocycles. The van der Waals surface area contributed by atoms with Crippen molar-refractivity contribution in [3.8, 4) is 11.1 Å². The molecule has 0 atom stereocenters. The molecule has 94 valence electrons. The first-order valence-corrected chi connectivity index (χ1v) is 6.67. The van der Waals surface area contributed by atoms with Gasteiger partial charge in [-0.15, -0.1) is 0 Å². The zero-order chi connectivity index (χ0) is 13.1. The molecule has 0 fully saturated rings. The second-order valence-electron chi connectivity index (χ2n) is 4.16. The average molecular weight is 281 g/mol. The predicted molar refractivity (Wildman–Crippen MR) is 76.2 cm³/mol. The quantitative estimate of drug-likeness (QED) is 0.761. The molecule has 1 aromatic carbocycles. The van der Waals surface area contributed by atoms with Crippen LogP contribution in [0.5, 0.6) is 0 Å². The first kappa shape index (κ1) is 13.3. The molecular weight excluding hydrogens is 267 g/mol. The van der Waals surface area contributed by atoms with Gasteiger partial charge in [0.15, 0.2) is 0 Å². The molecule has 2 nitrogen and oxygen atoms in total. The van der Waals surface area contributed by atoms with Crippen LogP contribution in [0.3, 0.4) is 0 Å². The monoisotopic (exact) mass is 280 g/mol. The Morgan fingerprint density at radius 2 is 1.67 bits per heavy atom. The lowest BCUT2D eigenvalue weighted by atomic mass is 10.0. The van der Waals surface area contributed by atoms with E-state index < -0.39 is 0 Å². The molecule has 0 amide bonds. The van der Waals surface area contributed by atoms with Gasteiger partial charge in [-0.2, -0.15) is 0 Å². The molecule has 0 spiro atoms. The van der Waals surface area contributed by atoms with Crippen LogP contribution in [0, 0.1) is 6.92 Å². The highest BCUT2D eigenvalue weighted by molar-refractivity contribution is 6.37. The van der Waals surface area contributed by atoms with Crippen LogP contribution in [0.15, 0.2) is 24.3 Å². The number of halogens is 2. The fraction of sp³-hybridized carbons (Fsp3) is 0.286. The molecule has 0 aliphatic heterocycles. The maximum Gasteiger partial charge on any atom is 0.142 e. The highest BCUT2D eigenvalue weighted by Crippen LogP contribution is 2.34. The summed E-state index contributed by atoms with van der Waals surface area (Å²) in [6.07, 6.45) is 1.75. The molecule has 0 radical (unpaired) electrons. The van der Waals surface area contributed by atoms with E-state index in [4.69, 9.17) is 23.2 Å². The molecule has 0 aliphatic carbocycles. The largest absolute Gasteiger partial charge is 0.220 e. The Morgan fingerprint density at radius 1 is 1.06 bits per heavy atom. The lowest BCUT2D eigenvalue weighted by Gasteiger charge is -2.10. The van der Waals surface area contributed by atoms with Gasteiger partial charge in [0.2, 0.25) is 0 Å². The number of benzene rings is 1. The van der Waals surface area contributed by atoms with Crippen molar-refractivity contribution >= 4 is 23.2 Å². The Morgan fingerprint density at radius 3 is 2.22 bits per heavy atom. The first-order chi connectivity index (χ1) is 8.63. The van der Waals surface area contributed by atoms with Crippen molar-refractivity contribution in [2.24, 2.45) is 0 Å². The molecular formula is C14H14Cl2N2. The van der Waals surface area contributed by atoms with Crippen LogP contribution < -0.4 is 0 Å². The van der Waals surface area contributed by atoms with E-state index in [0.717, 1.165) is 29.5 Å². The molecule has 2 rings (SSSR count). The normalized spacial score (nSPS) is 10.7. The van der Waals surface area contributed by atoms with E-state index in [1.165, 1.54) is 0 Å². The molecule has 0 unspecified atom stereocenters. The van der Waals surface area contributed by atoms with Crippen LogP contribution in [0.1, 0.15) is 24.7 Å². The lowest BCUT2D eigenvalue weighted by Crippen LogP contribution is -1.98. The molecule has 0 aliphatic rings. The molecule has 0 saturated carbocycles. The van der Waals surface area contributed by atoms with Crippen LogP contribution in [0.4, 0.5) is 0 Å². The van der Waals surface area contributed by atoms with E-state index >= 15 is 0 Å². The van der Waals surface area contributed by atoms with E-state index in [9.17, 15) is 0 Å². The zero-order valence-electron chi connectivity index (χ0n) is 10.4. The van der Waals surface area contributed by atoms with E-state index in [-0.39, 0.29) is 0 Å². The number of hydrogen-bond acceptors (Lipinski definition) is 2. The van der Waals surface area contributed by atoms with Crippen LogP contribution >= 0.6 is 23.2 Å². The highest BCUT2D eigenvalue weighted by Gasteiger charge is 2.14. The highest BCUT2D eigenvalue weighted by atomic mass is 35.5. The number of nitrogens with zero attached hydrogens (tertiary/aromatic N) is 2. The van der Waals surface area contributed by atoms with Gasteiger partial charge in [-0.05, 0) is 24.5 Å². The van der Waals surface area contributed by atoms with Crippen molar-refractivity contribution in [2.45, 2.75) is 26.7 Å². The number of aryl methyl sites for hydroxylation is 2. The lowest BCUT2D eigenvalue weighted by molar-refractivity contribution is 0.835. The zero-order valence-corrected chi connectivity index (χ0v) is 11.9. The molecule has 2 aromatic rings. The standard InChI is InChI=1S/C14H14Cl2N2/c1-3-6-11-17-13(15)12(14(16)18-11)10-8-5-4-7-9(10)2/h4-5,7-8H,3,6H2,1-2H3. The summed E-state index contributed by atoms with van der Waals surface area (Å²) >= 11 is 12.5. The molecule has 0 saturated heterocycles. The summed E-state index contributed by atoms with van der Waals surface area (Å²) in [5.74, 6) is 0.699. The fourth-order valence-electron chi connectivity index (χ4n) is 1.86. The van der Waals surface area contributed by atoms with E-state index in [2.05, 4.69) is 16.9 Å². The second kappa shape index (κ2) is 5.68. The van der Waals surface area contributed by atoms with E-state index in [0.29, 0.717) is 16.1 Å². The van der Waals surface area contributed by atoms with Crippen LogP contribution in [0.25, 0.3) is 11.1 Å². The van der Waals surface area contributed by atoms with Gasteiger partial charge in [0.25, 0.3) is 0 Å². The minimum Gasteiger partial charge on any atom is -0.220 e. The Hall–Kier alpha value is -1.12. The first-order valence-electron chi connectivity index (χ1n) is 5.91. The van der Waals surface area contributed by atoms with E-state index in [1.807, 2.05) is 31.2 Å². The van der Waals surface area contributed by atoms with Crippen LogP contribution in [-0.4, -0.2) is 9.97 Å². The maximum atomic E-state index is 6.24. The summed E-state index contributed by atoms with van der Waals surface area (Å²) in [6, 6.07) is 7.93. The van der Waals surface area contributed by atoms with Crippen molar-refractivity contribution in [3.05, 3.63) is 46.0 Å². The van der Waals surface area contributed by atoms with E-state index in [1.54, 1.807) is 0 Å². The smallest absolute Gasteiger partial charge is 0.142 e. The topological polar surface area (TPSA) is 25.8 Å². The summed E-state index contributed by atoms with van der Waals surface area (Å²) in [5.41, 5.74) is 2.81. The SMILES string of the molecule is CCCc1nc(Cl)c(-c2ccccc2C)c(Cl)n1. The van der Waals surface area contributed by atoms with Crippen molar-refractivity contribution in [3.63, 3.8) is 0 Å². The molecule has 4 heteroatoms. The number of hydrogen-bond donors (Lipinski definition) is 0. The van der Waals surface area contributed by atoms with Crippen molar-refractivity contribution in [1.29, 1.82) is 0 Å². The van der Waals surface area contributed by atoms with Crippen LogP contribution in [0.2, 0.25) is 10.3 Å². The Balaban J connectivity index is 2.56. The van der Waals surface area contributed by atoms with Gasteiger partial charge in [0.05, 0.1) is 5.56 Å².